The number of benzene rings is 2. The first-order chi connectivity index (χ1) is 13.1. The van der Waals surface area contributed by atoms with Gasteiger partial charge in [-0.25, -0.2) is 13.4 Å². The highest BCUT2D eigenvalue weighted by Gasteiger charge is 2.11. The van der Waals surface area contributed by atoms with Crippen LogP contribution in [-0.2, 0) is 16.6 Å². The average molecular weight is 385 g/mol. The zero-order valence-corrected chi connectivity index (χ0v) is 16.2. The number of hydrogen-bond acceptors (Lipinski definition) is 4. The van der Waals surface area contributed by atoms with Gasteiger partial charge < -0.3 is 4.74 Å². The third kappa shape index (κ3) is 5.44. The summed E-state index contributed by atoms with van der Waals surface area (Å²) in [5, 5.41) is 2.16. The minimum Gasteiger partial charge on any atom is -0.488 e. The van der Waals surface area contributed by atoms with Gasteiger partial charge in [-0.2, -0.15) is 0 Å². The van der Waals surface area contributed by atoms with E-state index in [9.17, 15) is 8.42 Å². The van der Waals surface area contributed by atoms with Crippen LogP contribution in [0.5, 0.6) is 5.75 Å². The molecule has 0 unspecified atom stereocenters. The SMILES string of the molecule is CCCCCS(=O)(=O)Nc1cc(COc2cccc3ccccc23)ccn1. The lowest BCUT2D eigenvalue weighted by molar-refractivity contribution is 0.310. The Labute approximate surface area is 160 Å². The number of ether oxygens (including phenoxy) is 1. The fraction of sp³-hybridized carbons (Fsp3) is 0.286. The van der Waals surface area contributed by atoms with Crippen molar-refractivity contribution in [2.24, 2.45) is 0 Å². The van der Waals surface area contributed by atoms with Crippen molar-refractivity contribution in [3.05, 3.63) is 66.4 Å². The first-order valence-electron chi connectivity index (χ1n) is 9.13. The van der Waals surface area contributed by atoms with Crippen molar-refractivity contribution in [3.8, 4) is 5.75 Å². The number of unbranched alkanes of at least 4 members (excludes halogenated alkanes) is 2. The van der Waals surface area contributed by atoms with Gasteiger partial charge in [-0.3, -0.25) is 4.72 Å². The third-order valence-electron chi connectivity index (χ3n) is 4.25. The molecule has 0 atom stereocenters. The normalized spacial score (nSPS) is 11.4. The molecule has 1 heterocycles. The van der Waals surface area contributed by atoms with Crippen LogP contribution in [0.2, 0.25) is 0 Å². The number of nitrogens with zero attached hydrogens (tertiary/aromatic N) is 1. The van der Waals surface area contributed by atoms with E-state index in [1.54, 1.807) is 12.3 Å². The minimum absolute atomic E-state index is 0.110. The van der Waals surface area contributed by atoms with E-state index in [-0.39, 0.29) is 5.75 Å². The van der Waals surface area contributed by atoms with Gasteiger partial charge in [0.1, 0.15) is 18.2 Å². The van der Waals surface area contributed by atoms with E-state index in [0.29, 0.717) is 18.8 Å². The van der Waals surface area contributed by atoms with Crippen LogP contribution >= 0.6 is 0 Å². The summed E-state index contributed by atoms with van der Waals surface area (Å²) >= 11 is 0. The van der Waals surface area contributed by atoms with E-state index in [1.165, 1.54) is 0 Å². The van der Waals surface area contributed by atoms with Gasteiger partial charge in [-0.1, -0.05) is 56.2 Å². The fourth-order valence-electron chi connectivity index (χ4n) is 2.85. The highest BCUT2D eigenvalue weighted by molar-refractivity contribution is 7.92. The molecule has 0 amide bonds. The number of hydrogen-bond donors (Lipinski definition) is 1. The van der Waals surface area contributed by atoms with Gasteiger partial charge in [0.15, 0.2) is 0 Å². The highest BCUT2D eigenvalue weighted by Crippen LogP contribution is 2.26. The molecule has 0 radical (unpaired) electrons. The van der Waals surface area contributed by atoms with Crippen molar-refractivity contribution in [1.29, 1.82) is 0 Å². The molecule has 1 aromatic heterocycles. The predicted octanol–water partition coefficient (Wildman–Crippen LogP) is 4.75. The number of nitrogens with one attached hydrogen (secondary N) is 1. The van der Waals surface area contributed by atoms with Crippen molar-refractivity contribution in [3.63, 3.8) is 0 Å². The number of fused-ring (bicyclic) bond motifs is 1. The highest BCUT2D eigenvalue weighted by atomic mass is 32.2. The second-order valence-electron chi connectivity index (χ2n) is 6.44. The van der Waals surface area contributed by atoms with Gasteiger partial charge in [0.05, 0.1) is 5.75 Å². The Bertz CT molecular complexity index is 998. The second kappa shape index (κ2) is 8.86. The monoisotopic (exact) mass is 384 g/mol. The molecular weight excluding hydrogens is 360 g/mol. The number of anilines is 1. The van der Waals surface area contributed by atoms with Gasteiger partial charge >= 0.3 is 0 Å². The molecule has 0 spiro atoms. The molecule has 6 heteroatoms. The standard InChI is InChI=1S/C21H24N2O3S/c1-2-3-6-14-27(24,25)23-21-15-17(12-13-22-21)16-26-20-11-7-9-18-8-4-5-10-19(18)20/h4-5,7-13,15H,2-3,6,14,16H2,1H3,(H,22,23). The maximum Gasteiger partial charge on any atom is 0.233 e. The van der Waals surface area contributed by atoms with Crippen LogP contribution in [0.4, 0.5) is 5.82 Å². The smallest absolute Gasteiger partial charge is 0.233 e. The van der Waals surface area contributed by atoms with Crippen LogP contribution in [0.25, 0.3) is 10.8 Å². The fourth-order valence-corrected chi connectivity index (χ4v) is 3.97. The summed E-state index contributed by atoms with van der Waals surface area (Å²) < 4.78 is 32.8. The lowest BCUT2D eigenvalue weighted by atomic mass is 10.1. The molecule has 2 aromatic carbocycles. The topological polar surface area (TPSA) is 68.3 Å². The van der Waals surface area contributed by atoms with Crippen LogP contribution in [0.1, 0.15) is 31.7 Å². The number of rotatable bonds is 9. The molecule has 142 valence electrons. The van der Waals surface area contributed by atoms with Gasteiger partial charge in [0, 0.05) is 11.6 Å². The molecule has 0 aliphatic heterocycles. The first-order valence-corrected chi connectivity index (χ1v) is 10.8. The summed E-state index contributed by atoms with van der Waals surface area (Å²) in [4.78, 5) is 4.11. The molecule has 0 saturated carbocycles. The van der Waals surface area contributed by atoms with Crippen molar-refractivity contribution >= 4 is 26.6 Å². The Kier molecular flexibility index (Phi) is 6.29. The van der Waals surface area contributed by atoms with Crippen molar-refractivity contribution in [2.75, 3.05) is 10.5 Å². The molecule has 0 aliphatic carbocycles. The molecule has 5 nitrogen and oxygen atoms in total. The lowest BCUT2D eigenvalue weighted by Crippen LogP contribution is -2.17. The van der Waals surface area contributed by atoms with E-state index in [0.717, 1.165) is 34.9 Å². The van der Waals surface area contributed by atoms with E-state index in [4.69, 9.17) is 4.74 Å². The molecule has 0 bridgehead atoms. The quantitative estimate of drug-likeness (QED) is 0.541. The van der Waals surface area contributed by atoms with Gasteiger partial charge in [-0.15, -0.1) is 0 Å². The van der Waals surface area contributed by atoms with Crippen LogP contribution in [0.15, 0.2) is 60.8 Å². The van der Waals surface area contributed by atoms with Gasteiger partial charge in [0.25, 0.3) is 0 Å². The molecule has 0 aliphatic rings. The molecule has 3 aromatic rings. The summed E-state index contributed by atoms with van der Waals surface area (Å²) in [7, 11) is -3.37. The Morgan fingerprint density at radius 3 is 2.70 bits per heavy atom. The van der Waals surface area contributed by atoms with Crippen molar-refractivity contribution < 1.29 is 13.2 Å². The number of pyridine rings is 1. The molecule has 3 rings (SSSR count). The maximum absolute atomic E-state index is 12.1. The Morgan fingerprint density at radius 2 is 1.85 bits per heavy atom. The van der Waals surface area contributed by atoms with Gasteiger partial charge in [0.2, 0.25) is 10.0 Å². The zero-order chi connectivity index (χ0) is 19.1. The maximum atomic E-state index is 12.1. The average Bonchev–Trinajstić information content (AvgIpc) is 2.66. The van der Waals surface area contributed by atoms with E-state index >= 15 is 0 Å². The summed E-state index contributed by atoms with van der Waals surface area (Å²) in [6, 6.07) is 17.5. The molecule has 27 heavy (non-hydrogen) atoms. The summed E-state index contributed by atoms with van der Waals surface area (Å²) in [6.45, 7) is 2.38. The summed E-state index contributed by atoms with van der Waals surface area (Å²) in [6.07, 6.45) is 4.11. The summed E-state index contributed by atoms with van der Waals surface area (Å²) in [5.74, 6) is 1.23. The lowest BCUT2D eigenvalue weighted by Gasteiger charge is -2.11. The number of sulfonamides is 1. The third-order valence-corrected chi connectivity index (χ3v) is 5.59. The molecule has 0 saturated heterocycles. The zero-order valence-electron chi connectivity index (χ0n) is 15.4. The van der Waals surface area contributed by atoms with Crippen LogP contribution in [0.3, 0.4) is 0 Å². The van der Waals surface area contributed by atoms with Crippen LogP contribution in [0, 0.1) is 0 Å². The van der Waals surface area contributed by atoms with E-state index in [2.05, 4.69) is 9.71 Å². The van der Waals surface area contributed by atoms with Gasteiger partial charge in [-0.05, 0) is 35.6 Å². The largest absolute Gasteiger partial charge is 0.488 e. The second-order valence-corrected chi connectivity index (χ2v) is 8.29. The van der Waals surface area contributed by atoms with Crippen molar-refractivity contribution in [1.82, 2.24) is 4.98 Å². The van der Waals surface area contributed by atoms with Crippen molar-refractivity contribution in [2.45, 2.75) is 32.8 Å². The van der Waals surface area contributed by atoms with Crippen LogP contribution in [-0.4, -0.2) is 19.2 Å². The first kappa shape index (κ1) is 19.2. The van der Waals surface area contributed by atoms with Crippen LogP contribution < -0.4 is 9.46 Å². The Morgan fingerprint density at radius 1 is 1.04 bits per heavy atom. The van der Waals surface area contributed by atoms with E-state index < -0.39 is 10.0 Å². The molecular formula is C21H24N2O3S. The molecule has 1 N–H and O–H groups in total. The molecule has 0 fully saturated rings. The van der Waals surface area contributed by atoms with E-state index in [1.807, 2.05) is 55.5 Å². The predicted molar refractivity (Wildman–Crippen MR) is 109 cm³/mol. The Hall–Kier alpha value is -2.60. The number of aromatic nitrogens is 1. The summed E-state index contributed by atoms with van der Waals surface area (Å²) in [5.41, 5.74) is 0.851. The minimum atomic E-state index is -3.37. The Balaban J connectivity index is 1.67.